The number of ketones is 1. The van der Waals surface area contributed by atoms with Crippen LogP contribution in [0.1, 0.15) is 32.6 Å². The van der Waals surface area contributed by atoms with Gasteiger partial charge in [-0.05, 0) is 66.1 Å². The van der Waals surface area contributed by atoms with Crippen LogP contribution in [0.15, 0.2) is 35.5 Å². The molecule has 0 fully saturated rings. The van der Waals surface area contributed by atoms with Crippen LogP contribution in [-0.4, -0.2) is 31.7 Å². The maximum atomic E-state index is 12.3. The molecule has 0 aliphatic carbocycles. The number of nitrogens with zero attached hydrogens (tertiary/aromatic N) is 4. The first-order valence-electron chi connectivity index (χ1n) is 7.68. The topological polar surface area (TPSA) is 60.7 Å². The number of hydrogen-bond donors (Lipinski definition) is 0. The van der Waals surface area contributed by atoms with Gasteiger partial charge in [0.25, 0.3) is 0 Å². The number of hydrogen-bond acceptors (Lipinski definition) is 6. The van der Waals surface area contributed by atoms with Gasteiger partial charge in [0.2, 0.25) is 5.16 Å². The first-order chi connectivity index (χ1) is 11.6. The number of rotatable bonds is 6. The molecular formula is C17H18N4OS2. The van der Waals surface area contributed by atoms with E-state index in [0.717, 1.165) is 28.1 Å². The molecule has 2 heterocycles. The Bertz CT molecular complexity index is 849. The molecule has 0 aliphatic rings. The van der Waals surface area contributed by atoms with Crippen molar-refractivity contribution in [3.8, 4) is 5.69 Å². The van der Waals surface area contributed by atoms with E-state index in [4.69, 9.17) is 0 Å². The Morgan fingerprint density at radius 2 is 1.96 bits per heavy atom. The molecule has 0 saturated heterocycles. The predicted molar refractivity (Wildman–Crippen MR) is 97.4 cm³/mol. The van der Waals surface area contributed by atoms with Crippen LogP contribution in [0.4, 0.5) is 0 Å². The quantitative estimate of drug-likeness (QED) is 0.494. The van der Waals surface area contributed by atoms with E-state index < -0.39 is 0 Å². The van der Waals surface area contributed by atoms with Crippen molar-refractivity contribution in [1.82, 2.24) is 20.2 Å². The number of aryl methyl sites for hydroxylation is 3. The molecule has 1 aromatic carbocycles. The van der Waals surface area contributed by atoms with Gasteiger partial charge in [0, 0.05) is 4.88 Å². The van der Waals surface area contributed by atoms with Crippen LogP contribution in [0.3, 0.4) is 0 Å². The van der Waals surface area contributed by atoms with E-state index in [0.29, 0.717) is 10.9 Å². The van der Waals surface area contributed by atoms with E-state index in [2.05, 4.69) is 28.5 Å². The molecule has 0 spiro atoms. The molecule has 7 heteroatoms. The van der Waals surface area contributed by atoms with Crippen molar-refractivity contribution < 1.29 is 4.79 Å². The van der Waals surface area contributed by atoms with Gasteiger partial charge in [0.05, 0.1) is 16.3 Å². The van der Waals surface area contributed by atoms with Crippen molar-refractivity contribution in [3.63, 3.8) is 0 Å². The molecule has 2 aromatic heterocycles. The zero-order chi connectivity index (χ0) is 17.1. The highest BCUT2D eigenvalue weighted by molar-refractivity contribution is 7.99. The van der Waals surface area contributed by atoms with Crippen LogP contribution in [-0.2, 0) is 6.42 Å². The Hall–Kier alpha value is -1.99. The van der Waals surface area contributed by atoms with E-state index in [1.807, 2.05) is 38.1 Å². The molecule has 3 rings (SSSR count). The van der Waals surface area contributed by atoms with Gasteiger partial charge in [-0.3, -0.25) is 4.79 Å². The molecule has 3 aromatic rings. The smallest absolute Gasteiger partial charge is 0.214 e. The van der Waals surface area contributed by atoms with Crippen molar-refractivity contribution >= 4 is 28.9 Å². The molecule has 0 atom stereocenters. The van der Waals surface area contributed by atoms with Crippen LogP contribution in [0.5, 0.6) is 0 Å². The number of thiophene rings is 1. The first kappa shape index (κ1) is 16.9. The largest absolute Gasteiger partial charge is 0.292 e. The van der Waals surface area contributed by atoms with Crippen LogP contribution < -0.4 is 0 Å². The molecule has 0 unspecified atom stereocenters. The van der Waals surface area contributed by atoms with E-state index in [9.17, 15) is 4.79 Å². The fourth-order valence-corrected chi connectivity index (χ4v) is 4.17. The summed E-state index contributed by atoms with van der Waals surface area (Å²) in [7, 11) is 0. The van der Waals surface area contributed by atoms with Gasteiger partial charge in [-0.25, -0.2) is 0 Å². The van der Waals surface area contributed by atoms with E-state index in [1.165, 1.54) is 16.6 Å². The number of aromatic nitrogens is 4. The van der Waals surface area contributed by atoms with Crippen molar-refractivity contribution in [1.29, 1.82) is 0 Å². The highest BCUT2D eigenvalue weighted by atomic mass is 32.2. The fourth-order valence-electron chi connectivity index (χ4n) is 2.42. The molecule has 0 bridgehead atoms. The molecule has 0 aliphatic heterocycles. The molecule has 24 heavy (non-hydrogen) atoms. The standard InChI is InChI=1S/C17H18N4OS2/c1-4-14-5-6-16(24-14)15(22)10-23-17-18-19-20-21(17)13-8-11(2)7-12(3)9-13/h5-9H,4,10H2,1-3H3. The average Bonchev–Trinajstić information content (AvgIpc) is 3.20. The Kier molecular flexibility index (Phi) is 5.11. The molecule has 0 saturated carbocycles. The van der Waals surface area contributed by atoms with Crippen molar-refractivity contribution in [3.05, 3.63) is 51.2 Å². The van der Waals surface area contributed by atoms with Crippen LogP contribution in [0, 0.1) is 13.8 Å². The maximum absolute atomic E-state index is 12.3. The third-order valence-electron chi connectivity index (χ3n) is 3.51. The minimum Gasteiger partial charge on any atom is -0.292 e. The van der Waals surface area contributed by atoms with Crippen molar-refractivity contribution in [2.24, 2.45) is 0 Å². The van der Waals surface area contributed by atoms with E-state index >= 15 is 0 Å². The highest BCUT2D eigenvalue weighted by Gasteiger charge is 2.14. The lowest BCUT2D eigenvalue weighted by atomic mass is 10.1. The third kappa shape index (κ3) is 3.73. The summed E-state index contributed by atoms with van der Waals surface area (Å²) in [4.78, 5) is 14.4. The maximum Gasteiger partial charge on any atom is 0.214 e. The average molecular weight is 358 g/mol. The Labute approximate surface area is 149 Å². The van der Waals surface area contributed by atoms with Gasteiger partial charge < -0.3 is 0 Å². The summed E-state index contributed by atoms with van der Waals surface area (Å²) in [6, 6.07) is 10.1. The monoisotopic (exact) mass is 358 g/mol. The Balaban J connectivity index is 1.75. The van der Waals surface area contributed by atoms with E-state index in [1.54, 1.807) is 16.0 Å². The number of Topliss-reactive ketones (excluding diaryl/α,β-unsaturated/α-hetero) is 1. The van der Waals surface area contributed by atoms with Crippen LogP contribution >= 0.6 is 23.1 Å². The molecule has 0 amide bonds. The van der Waals surface area contributed by atoms with Crippen LogP contribution in [0.2, 0.25) is 0 Å². The third-order valence-corrected chi connectivity index (χ3v) is 5.70. The zero-order valence-electron chi connectivity index (χ0n) is 13.8. The SMILES string of the molecule is CCc1ccc(C(=O)CSc2nnnn2-c2cc(C)cc(C)c2)s1. The van der Waals surface area contributed by atoms with Gasteiger partial charge in [0.1, 0.15) is 0 Å². The predicted octanol–water partition coefficient (Wildman–Crippen LogP) is 3.88. The second-order valence-electron chi connectivity index (χ2n) is 5.55. The summed E-state index contributed by atoms with van der Waals surface area (Å²) in [5, 5.41) is 12.5. The van der Waals surface area contributed by atoms with Crippen molar-refractivity contribution in [2.75, 3.05) is 5.75 Å². The van der Waals surface area contributed by atoms with Crippen LogP contribution in [0.25, 0.3) is 5.69 Å². The number of carbonyl (C=O) groups is 1. The lowest BCUT2D eigenvalue weighted by molar-refractivity contribution is 0.102. The van der Waals surface area contributed by atoms with Gasteiger partial charge >= 0.3 is 0 Å². The molecular weight excluding hydrogens is 340 g/mol. The summed E-state index contributed by atoms with van der Waals surface area (Å²) in [5.41, 5.74) is 3.22. The summed E-state index contributed by atoms with van der Waals surface area (Å²) in [5.74, 6) is 0.439. The second-order valence-corrected chi connectivity index (χ2v) is 7.66. The number of thioether (sulfide) groups is 1. The fraction of sp³-hybridized carbons (Fsp3) is 0.294. The lowest BCUT2D eigenvalue weighted by Crippen LogP contribution is -2.04. The number of carbonyl (C=O) groups excluding carboxylic acids is 1. The van der Waals surface area contributed by atoms with Gasteiger partial charge in [0.15, 0.2) is 5.78 Å². The number of benzene rings is 1. The van der Waals surface area contributed by atoms with Gasteiger partial charge in [-0.1, -0.05) is 24.8 Å². The number of tetrazole rings is 1. The minimum atomic E-state index is 0.111. The molecule has 0 N–H and O–H groups in total. The minimum absolute atomic E-state index is 0.111. The van der Waals surface area contributed by atoms with Crippen molar-refractivity contribution in [2.45, 2.75) is 32.3 Å². The van der Waals surface area contributed by atoms with Gasteiger partial charge in [-0.2, -0.15) is 4.68 Å². The lowest BCUT2D eigenvalue weighted by Gasteiger charge is -2.06. The summed E-state index contributed by atoms with van der Waals surface area (Å²) >= 11 is 2.93. The first-order valence-corrected chi connectivity index (χ1v) is 9.49. The summed E-state index contributed by atoms with van der Waals surface area (Å²) in [6.07, 6.45) is 0.954. The van der Waals surface area contributed by atoms with E-state index in [-0.39, 0.29) is 5.78 Å². The molecule has 0 radical (unpaired) electrons. The zero-order valence-corrected chi connectivity index (χ0v) is 15.4. The Morgan fingerprint density at radius 3 is 2.62 bits per heavy atom. The molecule has 5 nitrogen and oxygen atoms in total. The second kappa shape index (κ2) is 7.27. The Morgan fingerprint density at radius 1 is 1.21 bits per heavy atom. The normalized spacial score (nSPS) is 11.0. The molecule has 124 valence electrons. The highest BCUT2D eigenvalue weighted by Crippen LogP contribution is 2.23. The summed E-state index contributed by atoms with van der Waals surface area (Å²) < 4.78 is 1.68. The van der Waals surface area contributed by atoms with Gasteiger partial charge in [-0.15, -0.1) is 16.4 Å². The summed E-state index contributed by atoms with van der Waals surface area (Å²) in [6.45, 7) is 6.17.